The Balaban J connectivity index is 1.44. The van der Waals surface area contributed by atoms with Crippen LogP contribution in [0.2, 0.25) is 0 Å². The molecule has 4 aromatic rings. The molecule has 0 fully saturated rings. The van der Waals surface area contributed by atoms with Crippen molar-refractivity contribution in [1.82, 2.24) is 5.27 Å². The van der Waals surface area contributed by atoms with E-state index < -0.39 is 11.2 Å². The summed E-state index contributed by atoms with van der Waals surface area (Å²) in [6.07, 6.45) is 0.499. The molecule has 34 heavy (non-hydrogen) atoms. The van der Waals surface area contributed by atoms with Crippen molar-refractivity contribution in [3.63, 3.8) is 0 Å². The van der Waals surface area contributed by atoms with E-state index in [1.54, 1.807) is 55.6 Å². The summed E-state index contributed by atoms with van der Waals surface area (Å²) >= 11 is 1.11. The Hall–Kier alpha value is -3.98. The van der Waals surface area contributed by atoms with E-state index in [4.69, 9.17) is 14.0 Å². The van der Waals surface area contributed by atoms with Gasteiger partial charge in [-0.05, 0) is 71.4 Å². The van der Waals surface area contributed by atoms with E-state index in [0.29, 0.717) is 29.3 Å². The Morgan fingerprint density at radius 1 is 1.03 bits per heavy atom. The third-order valence-electron chi connectivity index (χ3n) is 4.91. The van der Waals surface area contributed by atoms with Gasteiger partial charge in [0.1, 0.15) is 17.2 Å². The van der Waals surface area contributed by atoms with Crippen molar-refractivity contribution in [2.45, 2.75) is 23.6 Å². The number of hydrogen-bond acceptors (Lipinski definition) is 7. The summed E-state index contributed by atoms with van der Waals surface area (Å²) in [5.41, 5.74) is 1.25. The minimum Gasteiger partial charge on any atom is -0.538 e. The fraction of sp³-hybridized carbons (Fsp3) is 0.160. The first-order valence-electron chi connectivity index (χ1n) is 10.6. The molecule has 1 aromatic heterocycles. The van der Waals surface area contributed by atoms with Crippen LogP contribution in [0.15, 0.2) is 88.4 Å². The Labute approximate surface area is 201 Å². The Morgan fingerprint density at radius 2 is 1.68 bits per heavy atom. The number of methoxy groups -OCH3 is 1. The van der Waals surface area contributed by atoms with E-state index in [1.807, 2.05) is 37.3 Å². The quantitative estimate of drug-likeness (QED) is 0.283. The molecule has 1 amide bonds. The van der Waals surface area contributed by atoms with Crippen LogP contribution in [0.1, 0.15) is 13.3 Å². The van der Waals surface area contributed by atoms with Gasteiger partial charge in [0.15, 0.2) is 5.95 Å². The van der Waals surface area contributed by atoms with E-state index >= 15 is 0 Å². The zero-order valence-electron chi connectivity index (χ0n) is 18.6. The first kappa shape index (κ1) is 23.2. The number of anilines is 1. The van der Waals surface area contributed by atoms with Crippen molar-refractivity contribution >= 4 is 23.4 Å². The molecule has 1 unspecified atom stereocenters. The van der Waals surface area contributed by atoms with Gasteiger partial charge in [0.05, 0.1) is 17.6 Å². The maximum Gasteiger partial charge on any atom is 0.298 e. The van der Waals surface area contributed by atoms with Crippen LogP contribution in [0, 0.1) is 0 Å². The van der Waals surface area contributed by atoms with E-state index in [2.05, 4.69) is 10.6 Å². The third-order valence-corrected chi connectivity index (χ3v) is 6.30. The lowest BCUT2D eigenvalue weighted by molar-refractivity contribution is -0.705. The van der Waals surface area contributed by atoms with Crippen molar-refractivity contribution in [2.75, 3.05) is 12.4 Å². The number of benzene rings is 3. The van der Waals surface area contributed by atoms with Crippen LogP contribution in [-0.2, 0) is 4.79 Å². The normalized spacial score (nSPS) is 11.6. The molecule has 3 aromatic carbocycles. The molecule has 4 rings (SSSR count). The highest BCUT2D eigenvalue weighted by atomic mass is 32.2. The largest absolute Gasteiger partial charge is 0.538 e. The summed E-state index contributed by atoms with van der Waals surface area (Å²) in [6, 6.07) is 23.6. The molecular weight excluding hydrogens is 454 g/mol. The minimum absolute atomic E-state index is 0.221. The van der Waals surface area contributed by atoms with Gasteiger partial charge in [-0.2, -0.15) is 0 Å². The summed E-state index contributed by atoms with van der Waals surface area (Å²) in [5.74, 6) is 1.23. The number of carbonyl (C=O) groups excluding carboxylic acids is 1. The number of nitrogens with zero attached hydrogens (tertiary/aromatic N) is 2. The van der Waals surface area contributed by atoms with E-state index in [9.17, 15) is 9.90 Å². The molecule has 0 aliphatic rings. The summed E-state index contributed by atoms with van der Waals surface area (Å²) < 4.78 is 17.2. The van der Waals surface area contributed by atoms with Gasteiger partial charge >= 0.3 is 0 Å². The second kappa shape index (κ2) is 10.8. The van der Waals surface area contributed by atoms with Crippen molar-refractivity contribution in [2.24, 2.45) is 0 Å². The molecule has 0 bridgehead atoms. The Morgan fingerprint density at radius 3 is 2.32 bits per heavy atom. The molecule has 9 heteroatoms. The standard InChI is InChI=1S/C25H23N3O5S/c1-3-22(34-24-25(30)33-27-28(24)18-11-15-19(31-2)16-12-18)23(29)26-17-9-13-21(14-10-17)32-20-7-5-4-6-8-20/h4-16,22H,3H2,1-2H3,(H-,26,27,29,30). The van der Waals surface area contributed by atoms with Crippen LogP contribution in [0.25, 0.3) is 5.69 Å². The summed E-state index contributed by atoms with van der Waals surface area (Å²) in [6.45, 7) is 1.88. The predicted octanol–water partition coefficient (Wildman–Crippen LogP) is 4.34. The van der Waals surface area contributed by atoms with Crippen LogP contribution < -0.4 is 24.6 Å². The first-order chi connectivity index (χ1) is 16.6. The maximum atomic E-state index is 12.9. The van der Waals surface area contributed by atoms with Gasteiger partial charge in [-0.1, -0.05) is 25.1 Å². The molecule has 174 valence electrons. The maximum absolute atomic E-state index is 12.9. The lowest BCUT2D eigenvalue weighted by Crippen LogP contribution is -2.36. The fourth-order valence-electron chi connectivity index (χ4n) is 3.14. The lowest BCUT2D eigenvalue weighted by atomic mass is 10.2. The highest BCUT2D eigenvalue weighted by Gasteiger charge is 2.28. The molecule has 1 atom stereocenters. The molecule has 0 aliphatic heterocycles. The monoisotopic (exact) mass is 477 g/mol. The van der Waals surface area contributed by atoms with E-state index in [0.717, 1.165) is 17.5 Å². The smallest absolute Gasteiger partial charge is 0.298 e. The van der Waals surface area contributed by atoms with Crippen LogP contribution in [0.5, 0.6) is 23.2 Å². The van der Waals surface area contributed by atoms with Gasteiger partial charge < -0.3 is 24.4 Å². The number of carbonyl (C=O) groups is 1. The van der Waals surface area contributed by atoms with Crippen molar-refractivity contribution in [1.29, 1.82) is 0 Å². The Bertz CT molecular complexity index is 1230. The number of nitrogens with one attached hydrogen (secondary N) is 1. The van der Waals surface area contributed by atoms with Gasteiger partial charge in [-0.15, -0.1) is 0 Å². The highest BCUT2D eigenvalue weighted by molar-refractivity contribution is 8.00. The van der Waals surface area contributed by atoms with Gasteiger partial charge in [0.25, 0.3) is 5.03 Å². The average Bonchev–Trinajstić information content (AvgIpc) is 3.24. The van der Waals surface area contributed by atoms with E-state index in [-0.39, 0.29) is 10.9 Å². The second-order valence-corrected chi connectivity index (χ2v) is 8.41. The summed E-state index contributed by atoms with van der Waals surface area (Å²) in [5, 5.41) is 18.7. The van der Waals surface area contributed by atoms with Crippen LogP contribution in [0.3, 0.4) is 0 Å². The highest BCUT2D eigenvalue weighted by Crippen LogP contribution is 2.30. The molecule has 0 radical (unpaired) electrons. The van der Waals surface area contributed by atoms with Crippen LogP contribution in [-0.4, -0.2) is 23.5 Å². The zero-order chi connectivity index (χ0) is 23.9. The zero-order valence-corrected chi connectivity index (χ0v) is 19.5. The number of hydrogen-bond donors (Lipinski definition) is 1. The topological polar surface area (TPSA) is 101 Å². The number of para-hydroxylation sites is 1. The molecule has 0 saturated carbocycles. The number of rotatable bonds is 9. The number of aromatic nitrogens is 2. The number of thioether (sulfide) groups is 1. The summed E-state index contributed by atoms with van der Waals surface area (Å²) in [7, 11) is 1.57. The van der Waals surface area contributed by atoms with Crippen molar-refractivity contribution in [3.05, 3.63) is 78.9 Å². The van der Waals surface area contributed by atoms with Crippen LogP contribution >= 0.6 is 11.8 Å². The molecule has 0 spiro atoms. The molecule has 8 nitrogen and oxygen atoms in total. The average molecular weight is 478 g/mol. The minimum atomic E-state index is -0.602. The van der Waals surface area contributed by atoms with Gasteiger partial charge in [0, 0.05) is 17.8 Å². The van der Waals surface area contributed by atoms with Crippen LogP contribution in [0.4, 0.5) is 5.69 Å². The molecule has 0 saturated heterocycles. The summed E-state index contributed by atoms with van der Waals surface area (Å²) in [4.78, 5) is 12.9. The Kier molecular flexibility index (Phi) is 7.34. The number of amides is 1. The second-order valence-electron chi connectivity index (χ2n) is 7.22. The molecule has 1 heterocycles. The van der Waals surface area contributed by atoms with E-state index in [1.165, 1.54) is 4.68 Å². The van der Waals surface area contributed by atoms with Gasteiger partial charge in [0.2, 0.25) is 11.6 Å². The lowest BCUT2D eigenvalue weighted by Gasteiger charge is -2.13. The SMILES string of the molecule is CCC(Sc1c([O-])on[n+]1-c1ccc(OC)cc1)C(=O)Nc1ccc(Oc2ccccc2)cc1. The molecule has 0 aliphatic carbocycles. The van der Waals surface area contributed by atoms with Crippen molar-refractivity contribution < 1.29 is 28.6 Å². The molecular formula is C25H23N3O5S. The van der Waals surface area contributed by atoms with Gasteiger partial charge in [-0.3, -0.25) is 4.79 Å². The predicted molar refractivity (Wildman–Crippen MR) is 126 cm³/mol. The first-order valence-corrected chi connectivity index (χ1v) is 11.5. The fourth-order valence-corrected chi connectivity index (χ4v) is 4.11. The third kappa shape index (κ3) is 5.49. The number of ether oxygens (including phenoxy) is 2. The van der Waals surface area contributed by atoms with Gasteiger partial charge in [-0.25, -0.2) is 0 Å². The molecule has 1 N–H and O–H groups in total. The van der Waals surface area contributed by atoms with Crippen molar-refractivity contribution in [3.8, 4) is 28.9 Å².